The first kappa shape index (κ1) is 17.5. The Hall–Kier alpha value is -1.33. The van der Waals surface area contributed by atoms with Crippen LogP contribution in [0.3, 0.4) is 0 Å². The van der Waals surface area contributed by atoms with Crippen molar-refractivity contribution in [2.45, 2.75) is 30.7 Å². The third kappa shape index (κ3) is 2.78. The van der Waals surface area contributed by atoms with Gasteiger partial charge in [0.25, 0.3) is 0 Å². The van der Waals surface area contributed by atoms with Crippen molar-refractivity contribution >= 4 is 25.4 Å². The predicted molar refractivity (Wildman–Crippen MR) is 89.7 cm³/mol. The Balaban J connectivity index is 1.91. The third-order valence-electron chi connectivity index (χ3n) is 4.92. The molecule has 5 nitrogen and oxygen atoms in total. The number of carbonyl (C=O) groups is 1. The summed E-state index contributed by atoms with van der Waals surface area (Å²) in [6.07, 6.45) is 1.37. The molecule has 2 heterocycles. The van der Waals surface area contributed by atoms with Crippen LogP contribution < -0.4 is 4.46 Å². The van der Waals surface area contributed by atoms with Crippen molar-refractivity contribution < 1.29 is 23.7 Å². The molecule has 3 rings (SSSR count). The predicted octanol–water partition coefficient (Wildman–Crippen LogP) is 1.86. The average molecular weight is 397 g/mol. The van der Waals surface area contributed by atoms with Crippen LogP contribution in [0, 0.1) is 11.8 Å². The second-order valence-electron chi connectivity index (χ2n) is 6.14. The number of hydrogen-bond donors (Lipinski definition) is 0. The molecule has 24 heavy (non-hydrogen) atoms. The first-order chi connectivity index (χ1) is 11.4. The van der Waals surface area contributed by atoms with Crippen molar-refractivity contribution in [3.05, 3.63) is 42.2 Å². The van der Waals surface area contributed by atoms with E-state index in [0.29, 0.717) is 5.76 Å². The Morgan fingerprint density at radius 1 is 1.25 bits per heavy atom. The molecule has 0 bridgehead atoms. The maximum atomic E-state index is 11.9. The molecule has 1 aromatic carbocycles. The van der Waals surface area contributed by atoms with E-state index in [1.165, 1.54) is 17.6 Å². The Labute approximate surface area is 148 Å². The number of methoxy groups -OCH3 is 2. The summed E-state index contributed by atoms with van der Waals surface area (Å²) in [5.41, 5.74) is 0. The van der Waals surface area contributed by atoms with Crippen LogP contribution in [-0.4, -0.2) is 46.7 Å². The van der Waals surface area contributed by atoms with Gasteiger partial charge in [-0.2, -0.15) is 0 Å². The van der Waals surface area contributed by atoms with Gasteiger partial charge in [0.2, 0.25) is 0 Å². The van der Waals surface area contributed by atoms with E-state index < -0.39 is 17.5 Å². The molecule has 0 amide bonds. The van der Waals surface area contributed by atoms with Gasteiger partial charge in [-0.1, -0.05) is 0 Å². The number of rotatable bonds is 5. The standard InChI is InChI=1S/C18H22O5Se/c1-12-14(11-24-13-8-6-5-7-9-13)18(23-17(12,2)21-4)15(20-3)10-16(19)22-18/h5-10,12,14H,11H2,1-4H3/t12-,14-,17+,18-/m0/s1. The number of esters is 1. The van der Waals surface area contributed by atoms with Gasteiger partial charge < -0.3 is 0 Å². The van der Waals surface area contributed by atoms with Crippen LogP contribution in [0.1, 0.15) is 13.8 Å². The van der Waals surface area contributed by atoms with Gasteiger partial charge in [0.1, 0.15) is 0 Å². The summed E-state index contributed by atoms with van der Waals surface area (Å²) in [5.74, 6) is -2.03. The zero-order chi connectivity index (χ0) is 17.4. The topological polar surface area (TPSA) is 54.0 Å². The van der Waals surface area contributed by atoms with E-state index in [-0.39, 0.29) is 26.8 Å². The van der Waals surface area contributed by atoms with Crippen LogP contribution in [-0.2, 0) is 23.7 Å². The van der Waals surface area contributed by atoms with E-state index in [1.54, 1.807) is 7.11 Å². The van der Waals surface area contributed by atoms with Gasteiger partial charge in [-0.15, -0.1) is 0 Å². The average Bonchev–Trinajstić information content (AvgIpc) is 3.01. The molecule has 0 radical (unpaired) electrons. The van der Waals surface area contributed by atoms with E-state index in [9.17, 15) is 4.79 Å². The second kappa shape index (κ2) is 6.52. The molecule has 0 aliphatic carbocycles. The second-order valence-corrected chi connectivity index (χ2v) is 8.44. The molecular weight excluding hydrogens is 375 g/mol. The van der Waals surface area contributed by atoms with Crippen LogP contribution in [0.2, 0.25) is 5.32 Å². The van der Waals surface area contributed by atoms with E-state index in [0.717, 1.165) is 5.32 Å². The van der Waals surface area contributed by atoms with Gasteiger partial charge in [0.15, 0.2) is 0 Å². The monoisotopic (exact) mass is 398 g/mol. The summed E-state index contributed by atoms with van der Waals surface area (Å²) < 4.78 is 24.2. The molecule has 0 unspecified atom stereocenters. The summed E-state index contributed by atoms with van der Waals surface area (Å²) in [4.78, 5) is 11.9. The van der Waals surface area contributed by atoms with Gasteiger partial charge in [-0.25, -0.2) is 0 Å². The van der Waals surface area contributed by atoms with Crippen molar-refractivity contribution in [3.63, 3.8) is 0 Å². The van der Waals surface area contributed by atoms with Crippen molar-refractivity contribution in [1.82, 2.24) is 0 Å². The van der Waals surface area contributed by atoms with Crippen molar-refractivity contribution in [2.24, 2.45) is 11.8 Å². The van der Waals surface area contributed by atoms with Crippen LogP contribution in [0.25, 0.3) is 0 Å². The molecule has 1 aromatic rings. The van der Waals surface area contributed by atoms with E-state index >= 15 is 0 Å². The van der Waals surface area contributed by atoms with Gasteiger partial charge in [-0.05, 0) is 0 Å². The van der Waals surface area contributed by atoms with Crippen LogP contribution >= 0.6 is 0 Å². The summed E-state index contributed by atoms with van der Waals surface area (Å²) in [6, 6.07) is 10.3. The fraction of sp³-hybridized carbons (Fsp3) is 0.500. The van der Waals surface area contributed by atoms with Crippen molar-refractivity contribution in [1.29, 1.82) is 0 Å². The van der Waals surface area contributed by atoms with Crippen molar-refractivity contribution in [3.8, 4) is 0 Å². The molecule has 1 fully saturated rings. The SMILES string of the molecule is COC1=CC(=O)O[C@@]12O[C@@](C)(OC)[C@@H](C)[C@@H]2C[Se]c1ccccc1. The van der Waals surface area contributed by atoms with Crippen molar-refractivity contribution in [2.75, 3.05) is 14.2 Å². The van der Waals surface area contributed by atoms with E-state index in [1.807, 2.05) is 25.1 Å². The third-order valence-corrected chi connectivity index (χ3v) is 7.29. The molecule has 0 aromatic heterocycles. The molecular formula is C18H22O5Se. The van der Waals surface area contributed by atoms with Gasteiger partial charge in [0, 0.05) is 0 Å². The Morgan fingerprint density at radius 3 is 2.58 bits per heavy atom. The normalized spacial score (nSPS) is 35.2. The maximum absolute atomic E-state index is 11.9. The summed E-state index contributed by atoms with van der Waals surface area (Å²) >= 11 is 0.226. The van der Waals surface area contributed by atoms with Crippen LogP contribution in [0.5, 0.6) is 0 Å². The molecule has 1 saturated heterocycles. The first-order valence-electron chi connectivity index (χ1n) is 7.87. The minimum absolute atomic E-state index is 0.0394. The summed E-state index contributed by atoms with van der Waals surface area (Å²) in [6.45, 7) is 3.96. The molecule has 0 saturated carbocycles. The zero-order valence-electron chi connectivity index (χ0n) is 14.3. The Kier molecular flexibility index (Phi) is 4.75. The zero-order valence-corrected chi connectivity index (χ0v) is 16.0. The number of benzene rings is 1. The molecule has 130 valence electrons. The quantitative estimate of drug-likeness (QED) is 0.561. The van der Waals surface area contributed by atoms with Gasteiger partial charge in [-0.3, -0.25) is 0 Å². The molecule has 1 spiro atoms. The Bertz CT molecular complexity index is 646. The molecule has 2 aliphatic heterocycles. The van der Waals surface area contributed by atoms with Crippen LogP contribution in [0.4, 0.5) is 0 Å². The van der Waals surface area contributed by atoms with E-state index in [2.05, 4.69) is 19.1 Å². The number of carbonyl (C=O) groups excluding carboxylic acids is 1. The first-order valence-corrected chi connectivity index (χ1v) is 9.94. The summed E-state index contributed by atoms with van der Waals surface area (Å²) in [5, 5.41) is 0.852. The van der Waals surface area contributed by atoms with Crippen LogP contribution in [0.15, 0.2) is 42.2 Å². The number of ether oxygens (including phenoxy) is 4. The number of hydrogen-bond acceptors (Lipinski definition) is 5. The fourth-order valence-electron chi connectivity index (χ4n) is 3.32. The fourth-order valence-corrected chi connectivity index (χ4v) is 5.90. The molecule has 2 aliphatic rings. The van der Waals surface area contributed by atoms with Gasteiger partial charge in [0.05, 0.1) is 0 Å². The molecule has 6 heteroatoms. The van der Waals surface area contributed by atoms with Gasteiger partial charge >= 0.3 is 148 Å². The minimum atomic E-state index is -1.19. The molecule has 4 atom stereocenters. The Morgan fingerprint density at radius 2 is 1.96 bits per heavy atom. The molecule has 0 N–H and O–H groups in total. The summed E-state index contributed by atoms with van der Waals surface area (Å²) in [7, 11) is 3.15. The van der Waals surface area contributed by atoms with E-state index in [4.69, 9.17) is 18.9 Å².